The summed E-state index contributed by atoms with van der Waals surface area (Å²) in [6, 6.07) is 7.79. The van der Waals surface area contributed by atoms with Gasteiger partial charge in [-0.2, -0.15) is 0 Å². The van der Waals surface area contributed by atoms with Gasteiger partial charge in [-0.25, -0.2) is 0 Å². The van der Waals surface area contributed by atoms with Gasteiger partial charge in [0.15, 0.2) is 5.76 Å². The molecule has 2 N–H and O–H groups in total. The Morgan fingerprint density at radius 1 is 1.28 bits per heavy atom. The average Bonchev–Trinajstić information content (AvgIpc) is 3.54. The van der Waals surface area contributed by atoms with E-state index in [4.69, 9.17) is 9.47 Å². The van der Waals surface area contributed by atoms with Crippen LogP contribution in [0.3, 0.4) is 0 Å². The van der Waals surface area contributed by atoms with E-state index in [-0.39, 0.29) is 36.0 Å². The van der Waals surface area contributed by atoms with Gasteiger partial charge in [0, 0.05) is 50.1 Å². The molecule has 1 amide bonds. The van der Waals surface area contributed by atoms with Crippen LogP contribution in [0.25, 0.3) is 10.9 Å². The quantitative estimate of drug-likeness (QED) is 0.622. The molecule has 1 aliphatic carbocycles. The molecule has 0 radical (unpaired) electrons. The fourth-order valence-electron chi connectivity index (χ4n) is 4.50. The van der Waals surface area contributed by atoms with Crippen LogP contribution in [0.2, 0.25) is 0 Å². The van der Waals surface area contributed by atoms with Crippen LogP contribution in [-0.4, -0.2) is 47.5 Å². The molecule has 1 fully saturated rings. The molecule has 1 aromatic heterocycles. The van der Waals surface area contributed by atoms with Gasteiger partial charge in [0.2, 0.25) is 12.2 Å². The highest BCUT2D eigenvalue weighted by molar-refractivity contribution is 5.95. The largest absolute Gasteiger partial charge is 0.459 e. The summed E-state index contributed by atoms with van der Waals surface area (Å²) in [5, 5.41) is 13.4. The van der Waals surface area contributed by atoms with E-state index in [1.54, 1.807) is 11.5 Å². The fourth-order valence-corrected chi connectivity index (χ4v) is 4.50. The maximum atomic E-state index is 12.9. The molecular weight excluding hydrogens is 408 g/mol. The van der Waals surface area contributed by atoms with Gasteiger partial charge >= 0.3 is 0 Å². The summed E-state index contributed by atoms with van der Waals surface area (Å²) in [6.45, 7) is 4.60. The Bertz CT molecular complexity index is 1010. The normalized spacial score (nSPS) is 23.0. The van der Waals surface area contributed by atoms with Crippen LogP contribution >= 0.6 is 0 Å². The first-order valence-corrected chi connectivity index (χ1v) is 11.5. The highest BCUT2D eigenvalue weighted by atomic mass is 16.7. The van der Waals surface area contributed by atoms with Crippen molar-refractivity contribution in [2.24, 2.45) is 11.8 Å². The lowest BCUT2D eigenvalue weighted by Crippen LogP contribution is -2.39. The fraction of sp³-hybridized carbons (Fsp3) is 0.520. The van der Waals surface area contributed by atoms with Crippen molar-refractivity contribution in [2.45, 2.75) is 51.7 Å². The zero-order chi connectivity index (χ0) is 22.7. The minimum atomic E-state index is -0.609. The van der Waals surface area contributed by atoms with E-state index in [9.17, 15) is 14.7 Å². The van der Waals surface area contributed by atoms with E-state index >= 15 is 0 Å². The standard InChI is InChI=1S/C25H32N2O5/c1-3-31-25-19(8-6-12-28)20(13-23(32-25)24(30)26-14-17-10-11-17)21-15-27(16(2)29)22-9-5-4-7-18(21)22/h4-5,7,9,13,15,17,19-20,25,28H,3,6,8,10-12,14H2,1-2H3,(H,26,30)/t19-,20-,25+/m0/s1. The molecule has 2 heterocycles. The maximum absolute atomic E-state index is 12.9. The second kappa shape index (κ2) is 9.88. The second-order valence-corrected chi connectivity index (χ2v) is 8.67. The summed E-state index contributed by atoms with van der Waals surface area (Å²) in [6.07, 6.45) is 6.69. The first-order chi connectivity index (χ1) is 15.5. The van der Waals surface area contributed by atoms with Crippen molar-refractivity contribution >= 4 is 22.7 Å². The third kappa shape index (κ3) is 4.74. The van der Waals surface area contributed by atoms with Gasteiger partial charge < -0.3 is 19.9 Å². The van der Waals surface area contributed by atoms with Crippen molar-refractivity contribution < 1.29 is 24.2 Å². The number of para-hydroxylation sites is 1. The van der Waals surface area contributed by atoms with Crippen molar-refractivity contribution in [3.8, 4) is 0 Å². The molecule has 2 aliphatic rings. The lowest BCUT2D eigenvalue weighted by Gasteiger charge is -2.36. The lowest BCUT2D eigenvalue weighted by molar-refractivity contribution is -0.166. The molecule has 1 aliphatic heterocycles. The Morgan fingerprint density at radius 2 is 2.06 bits per heavy atom. The van der Waals surface area contributed by atoms with Crippen LogP contribution in [-0.2, 0) is 14.3 Å². The average molecular weight is 441 g/mol. The molecule has 0 saturated heterocycles. The summed E-state index contributed by atoms with van der Waals surface area (Å²) < 4.78 is 13.6. The van der Waals surface area contributed by atoms with Crippen molar-refractivity contribution in [1.29, 1.82) is 0 Å². The Balaban J connectivity index is 1.76. The molecule has 0 bridgehead atoms. The first kappa shape index (κ1) is 22.6. The number of allylic oxidation sites excluding steroid dienone is 1. The Kier molecular flexibility index (Phi) is 6.96. The Labute approximate surface area is 188 Å². The number of hydrogen-bond acceptors (Lipinski definition) is 5. The first-order valence-electron chi connectivity index (χ1n) is 11.5. The van der Waals surface area contributed by atoms with E-state index in [2.05, 4.69) is 5.32 Å². The van der Waals surface area contributed by atoms with Gasteiger partial charge in [0.1, 0.15) is 0 Å². The Hall–Kier alpha value is -2.64. The van der Waals surface area contributed by atoms with Crippen LogP contribution < -0.4 is 5.32 Å². The molecule has 172 valence electrons. The number of carbonyl (C=O) groups is 2. The third-order valence-electron chi connectivity index (χ3n) is 6.32. The molecule has 32 heavy (non-hydrogen) atoms. The number of fused-ring (bicyclic) bond motifs is 1. The number of carbonyl (C=O) groups excluding carboxylic acids is 2. The Morgan fingerprint density at radius 3 is 2.75 bits per heavy atom. The number of ether oxygens (including phenoxy) is 2. The van der Waals surface area contributed by atoms with E-state index in [1.165, 1.54) is 0 Å². The van der Waals surface area contributed by atoms with Crippen LogP contribution in [0.1, 0.15) is 55.8 Å². The number of aromatic nitrogens is 1. The molecule has 0 spiro atoms. The molecular formula is C25H32N2O5. The monoisotopic (exact) mass is 440 g/mol. The summed E-state index contributed by atoms with van der Waals surface area (Å²) in [5.41, 5.74) is 1.79. The van der Waals surface area contributed by atoms with Gasteiger partial charge in [-0.15, -0.1) is 0 Å². The van der Waals surface area contributed by atoms with Crippen molar-refractivity contribution in [3.63, 3.8) is 0 Å². The van der Waals surface area contributed by atoms with Gasteiger partial charge in [0.25, 0.3) is 5.91 Å². The highest BCUT2D eigenvalue weighted by Gasteiger charge is 2.39. The van der Waals surface area contributed by atoms with E-state index < -0.39 is 6.29 Å². The predicted molar refractivity (Wildman–Crippen MR) is 121 cm³/mol. The SMILES string of the molecule is CCO[C@@H]1OC(C(=O)NCC2CC2)=C[C@H](c2cn(C(C)=O)c3ccccc23)[C@@H]1CCCO. The van der Waals surface area contributed by atoms with Crippen LogP contribution in [0.4, 0.5) is 0 Å². The smallest absolute Gasteiger partial charge is 0.286 e. The highest BCUT2D eigenvalue weighted by Crippen LogP contribution is 2.42. The zero-order valence-electron chi connectivity index (χ0n) is 18.8. The minimum Gasteiger partial charge on any atom is -0.459 e. The van der Waals surface area contributed by atoms with Crippen LogP contribution in [0, 0.1) is 11.8 Å². The molecule has 0 unspecified atom stereocenters. The number of benzene rings is 1. The molecule has 1 aromatic carbocycles. The zero-order valence-corrected chi connectivity index (χ0v) is 18.8. The third-order valence-corrected chi connectivity index (χ3v) is 6.32. The number of nitrogens with one attached hydrogen (secondary N) is 1. The summed E-state index contributed by atoms with van der Waals surface area (Å²) >= 11 is 0. The summed E-state index contributed by atoms with van der Waals surface area (Å²) in [5.74, 6) is 0.218. The molecule has 7 heteroatoms. The summed E-state index contributed by atoms with van der Waals surface area (Å²) in [7, 11) is 0. The maximum Gasteiger partial charge on any atom is 0.286 e. The number of hydrogen-bond donors (Lipinski definition) is 2. The second-order valence-electron chi connectivity index (χ2n) is 8.67. The van der Waals surface area contributed by atoms with E-state index in [1.807, 2.05) is 43.5 Å². The molecule has 1 saturated carbocycles. The van der Waals surface area contributed by atoms with Gasteiger partial charge in [-0.1, -0.05) is 18.2 Å². The number of rotatable bonds is 9. The molecule has 4 rings (SSSR count). The number of aliphatic hydroxyl groups excluding tert-OH is 1. The van der Waals surface area contributed by atoms with E-state index in [0.29, 0.717) is 31.9 Å². The van der Waals surface area contributed by atoms with Gasteiger partial charge in [-0.05, 0) is 56.2 Å². The molecule has 7 nitrogen and oxygen atoms in total. The topological polar surface area (TPSA) is 89.8 Å². The number of aliphatic hydroxyl groups is 1. The number of nitrogens with zero attached hydrogens (tertiary/aromatic N) is 1. The summed E-state index contributed by atoms with van der Waals surface area (Å²) in [4.78, 5) is 25.2. The van der Waals surface area contributed by atoms with Gasteiger partial charge in [0.05, 0.1) is 5.52 Å². The van der Waals surface area contributed by atoms with E-state index in [0.717, 1.165) is 29.3 Å². The van der Waals surface area contributed by atoms with Crippen LogP contribution in [0.15, 0.2) is 42.3 Å². The predicted octanol–water partition coefficient (Wildman–Crippen LogP) is 3.58. The molecule has 3 atom stereocenters. The van der Waals surface area contributed by atoms with Crippen molar-refractivity contribution in [2.75, 3.05) is 19.8 Å². The number of amides is 1. The lowest BCUT2D eigenvalue weighted by atomic mass is 9.80. The van der Waals surface area contributed by atoms with Gasteiger partial charge in [-0.3, -0.25) is 14.2 Å². The van der Waals surface area contributed by atoms with Crippen LogP contribution in [0.5, 0.6) is 0 Å². The van der Waals surface area contributed by atoms with Crippen molar-refractivity contribution in [1.82, 2.24) is 9.88 Å². The minimum absolute atomic E-state index is 0.0652. The molecule has 2 aromatic rings. The van der Waals surface area contributed by atoms with Crippen molar-refractivity contribution in [3.05, 3.63) is 47.9 Å².